The largest absolute Gasteiger partial charge is 0.310 e. The van der Waals surface area contributed by atoms with Gasteiger partial charge in [-0.2, -0.15) is 11.8 Å². The van der Waals surface area contributed by atoms with Crippen LogP contribution >= 0.6 is 34.9 Å². The van der Waals surface area contributed by atoms with Crippen molar-refractivity contribution in [3.05, 3.63) is 16.1 Å². The van der Waals surface area contributed by atoms with E-state index in [0.717, 1.165) is 17.0 Å². The number of aromatic nitrogens is 1. The molecule has 0 aliphatic carbocycles. The van der Waals surface area contributed by atoms with Gasteiger partial charge in [0.05, 0.1) is 5.25 Å². The molecule has 1 aliphatic rings. The highest BCUT2D eigenvalue weighted by molar-refractivity contribution is 8.07. The Morgan fingerprint density at radius 2 is 2.17 bits per heavy atom. The van der Waals surface area contributed by atoms with Gasteiger partial charge in [0.15, 0.2) is 0 Å². The van der Waals surface area contributed by atoms with Crippen LogP contribution in [0.4, 0.5) is 0 Å². The van der Waals surface area contributed by atoms with E-state index in [1.54, 1.807) is 0 Å². The van der Waals surface area contributed by atoms with Crippen molar-refractivity contribution in [2.75, 3.05) is 5.75 Å². The van der Waals surface area contributed by atoms with Crippen LogP contribution < -0.4 is 5.32 Å². The average molecular weight is 303 g/mol. The maximum atomic E-state index is 4.62. The molecule has 0 amide bonds. The molecule has 1 aromatic rings. The van der Waals surface area contributed by atoms with Crippen LogP contribution in [0.15, 0.2) is 6.20 Å². The molecule has 2 rings (SSSR count). The lowest BCUT2D eigenvalue weighted by molar-refractivity contribution is 0.593. The molecule has 2 heterocycles. The van der Waals surface area contributed by atoms with Crippen LogP contribution in [-0.2, 0) is 6.54 Å². The predicted octanol–water partition coefficient (Wildman–Crippen LogP) is 3.94. The number of rotatable bonds is 4. The summed E-state index contributed by atoms with van der Waals surface area (Å²) < 4.78 is 0. The fraction of sp³-hybridized carbons (Fsp3) is 0.769. The van der Waals surface area contributed by atoms with Crippen molar-refractivity contribution in [2.24, 2.45) is 0 Å². The van der Waals surface area contributed by atoms with E-state index in [1.807, 2.05) is 17.5 Å². The Morgan fingerprint density at radius 3 is 2.83 bits per heavy atom. The Morgan fingerprint density at radius 1 is 1.39 bits per heavy atom. The lowest BCUT2D eigenvalue weighted by Gasteiger charge is -2.30. The zero-order valence-corrected chi connectivity index (χ0v) is 13.9. The molecule has 3 unspecified atom stereocenters. The summed E-state index contributed by atoms with van der Waals surface area (Å²) in [5.74, 6) is 1.21. The molecule has 102 valence electrons. The Hall–Kier alpha value is 0.290. The molecular weight excluding hydrogens is 280 g/mol. The molecule has 5 heteroatoms. The molecule has 0 saturated carbocycles. The fourth-order valence-corrected chi connectivity index (χ4v) is 5.84. The quantitative estimate of drug-likeness (QED) is 0.910. The Kier molecular flexibility index (Phi) is 5.42. The van der Waals surface area contributed by atoms with E-state index in [2.05, 4.69) is 61.5 Å². The highest BCUT2D eigenvalue weighted by Gasteiger charge is 2.28. The smallest absolute Gasteiger partial charge is 0.107 e. The first kappa shape index (κ1) is 14.7. The third kappa shape index (κ3) is 3.89. The van der Waals surface area contributed by atoms with Crippen molar-refractivity contribution >= 4 is 34.9 Å². The van der Waals surface area contributed by atoms with Crippen molar-refractivity contribution < 1.29 is 0 Å². The van der Waals surface area contributed by atoms with Gasteiger partial charge in [0.25, 0.3) is 0 Å². The number of thioether (sulfide) groups is 2. The normalized spacial score (nSPS) is 28.8. The number of hydrogen-bond donors (Lipinski definition) is 1. The molecule has 3 atom stereocenters. The van der Waals surface area contributed by atoms with Crippen LogP contribution in [0.1, 0.15) is 42.8 Å². The topological polar surface area (TPSA) is 24.9 Å². The second kappa shape index (κ2) is 6.64. The van der Waals surface area contributed by atoms with Crippen LogP contribution in [0.2, 0.25) is 0 Å². The van der Waals surface area contributed by atoms with Crippen LogP contribution in [-0.4, -0.2) is 27.3 Å². The van der Waals surface area contributed by atoms with Gasteiger partial charge in [-0.15, -0.1) is 23.1 Å². The molecule has 1 fully saturated rings. The first-order valence-electron chi connectivity index (χ1n) is 6.51. The van der Waals surface area contributed by atoms with Gasteiger partial charge in [0, 0.05) is 39.9 Å². The average Bonchev–Trinajstić information content (AvgIpc) is 2.79. The van der Waals surface area contributed by atoms with Crippen molar-refractivity contribution in [3.63, 3.8) is 0 Å². The first-order valence-corrected chi connectivity index (χ1v) is 9.32. The minimum Gasteiger partial charge on any atom is -0.310 e. The van der Waals surface area contributed by atoms with E-state index in [0.29, 0.717) is 11.3 Å². The van der Waals surface area contributed by atoms with Crippen LogP contribution in [0, 0.1) is 0 Å². The zero-order chi connectivity index (χ0) is 13.1. The van der Waals surface area contributed by atoms with Gasteiger partial charge in [-0.25, -0.2) is 4.98 Å². The summed E-state index contributed by atoms with van der Waals surface area (Å²) >= 11 is 6.06. The summed E-state index contributed by atoms with van der Waals surface area (Å²) in [4.78, 5) is 5.98. The van der Waals surface area contributed by atoms with Gasteiger partial charge in [-0.1, -0.05) is 27.7 Å². The van der Waals surface area contributed by atoms with E-state index < -0.39 is 0 Å². The second-order valence-electron chi connectivity index (χ2n) is 5.07. The van der Waals surface area contributed by atoms with E-state index >= 15 is 0 Å². The van der Waals surface area contributed by atoms with E-state index in [-0.39, 0.29) is 0 Å². The van der Waals surface area contributed by atoms with Gasteiger partial charge in [0.1, 0.15) is 5.01 Å². The number of nitrogens with zero attached hydrogens (tertiary/aromatic N) is 1. The summed E-state index contributed by atoms with van der Waals surface area (Å²) in [5.41, 5.74) is 0. The summed E-state index contributed by atoms with van der Waals surface area (Å²) in [6.45, 7) is 9.98. The maximum absolute atomic E-state index is 4.62. The predicted molar refractivity (Wildman–Crippen MR) is 85.8 cm³/mol. The van der Waals surface area contributed by atoms with Crippen molar-refractivity contribution in [1.82, 2.24) is 10.3 Å². The molecule has 0 spiro atoms. The maximum Gasteiger partial charge on any atom is 0.107 e. The third-order valence-corrected chi connectivity index (χ3v) is 7.74. The fourth-order valence-electron chi connectivity index (χ4n) is 1.77. The molecule has 0 bridgehead atoms. The molecule has 1 aromatic heterocycles. The minimum absolute atomic E-state index is 0.538. The molecule has 0 aromatic carbocycles. The number of hydrogen-bond acceptors (Lipinski definition) is 5. The Labute approximate surface area is 123 Å². The lowest BCUT2D eigenvalue weighted by atomic mass is 10.4. The molecule has 1 N–H and O–H groups in total. The third-order valence-electron chi connectivity index (χ3n) is 3.08. The molecule has 1 aliphatic heterocycles. The van der Waals surface area contributed by atoms with E-state index in [9.17, 15) is 0 Å². The monoisotopic (exact) mass is 302 g/mol. The van der Waals surface area contributed by atoms with Crippen LogP contribution in [0.5, 0.6) is 0 Å². The van der Waals surface area contributed by atoms with Gasteiger partial charge in [-0.3, -0.25) is 0 Å². The van der Waals surface area contributed by atoms with E-state index in [1.165, 1.54) is 15.6 Å². The lowest BCUT2D eigenvalue weighted by Crippen LogP contribution is -2.21. The summed E-state index contributed by atoms with van der Waals surface area (Å²) in [6, 6.07) is 0.538. The molecule has 0 radical (unpaired) electrons. The van der Waals surface area contributed by atoms with Gasteiger partial charge in [0.2, 0.25) is 0 Å². The number of nitrogens with one attached hydrogen (secondary N) is 1. The highest BCUT2D eigenvalue weighted by Crippen LogP contribution is 2.45. The van der Waals surface area contributed by atoms with Crippen LogP contribution in [0.25, 0.3) is 0 Å². The zero-order valence-electron chi connectivity index (χ0n) is 11.5. The second-order valence-corrected chi connectivity index (χ2v) is 9.21. The highest BCUT2D eigenvalue weighted by atomic mass is 32.2. The Bertz CT molecular complexity index is 378. The SMILES string of the molecule is CC(C)NCc1cnc(C2CSC(C)C(C)S2)s1. The van der Waals surface area contributed by atoms with Crippen molar-refractivity contribution in [2.45, 2.75) is 56.0 Å². The van der Waals surface area contributed by atoms with Gasteiger partial charge < -0.3 is 5.32 Å². The molecule has 2 nitrogen and oxygen atoms in total. The summed E-state index contributed by atoms with van der Waals surface area (Å²) in [5, 5.41) is 6.86. The van der Waals surface area contributed by atoms with Crippen molar-refractivity contribution in [3.8, 4) is 0 Å². The molecule has 18 heavy (non-hydrogen) atoms. The number of thiazole rings is 1. The molecule has 1 saturated heterocycles. The standard InChI is InChI=1S/C13H22N2S3/c1-8(2)14-5-11-6-15-13(18-11)12-7-16-9(3)10(4)17-12/h6,8-10,12,14H,5,7H2,1-4H3. The van der Waals surface area contributed by atoms with Crippen molar-refractivity contribution in [1.29, 1.82) is 0 Å². The van der Waals surface area contributed by atoms with Gasteiger partial charge >= 0.3 is 0 Å². The van der Waals surface area contributed by atoms with Crippen LogP contribution in [0.3, 0.4) is 0 Å². The minimum atomic E-state index is 0.538. The summed E-state index contributed by atoms with van der Waals surface area (Å²) in [7, 11) is 0. The first-order chi connectivity index (χ1) is 8.56. The molecular formula is C13H22N2S3. The Balaban J connectivity index is 1.93. The van der Waals surface area contributed by atoms with Gasteiger partial charge in [-0.05, 0) is 0 Å². The summed E-state index contributed by atoms with van der Waals surface area (Å²) in [6.07, 6.45) is 2.04. The van der Waals surface area contributed by atoms with E-state index in [4.69, 9.17) is 0 Å².